The van der Waals surface area contributed by atoms with Gasteiger partial charge in [0.05, 0.1) is 18.4 Å². The van der Waals surface area contributed by atoms with E-state index >= 15 is 0 Å². The molecule has 24 heavy (non-hydrogen) atoms. The van der Waals surface area contributed by atoms with Crippen LogP contribution >= 0.6 is 0 Å². The van der Waals surface area contributed by atoms with Gasteiger partial charge < -0.3 is 19.3 Å². The van der Waals surface area contributed by atoms with Crippen LogP contribution in [0.5, 0.6) is 11.5 Å². The van der Waals surface area contributed by atoms with E-state index in [9.17, 15) is 0 Å². The minimum Gasteiger partial charge on any atom is -0.493 e. The molecule has 1 aromatic carbocycles. The van der Waals surface area contributed by atoms with Gasteiger partial charge in [-0.15, -0.1) is 0 Å². The summed E-state index contributed by atoms with van der Waals surface area (Å²) in [6.07, 6.45) is 2.26. The molecule has 0 saturated heterocycles. The van der Waals surface area contributed by atoms with Crippen molar-refractivity contribution in [1.29, 1.82) is 0 Å². The number of rotatable bonds is 9. The molecule has 5 nitrogen and oxygen atoms in total. The molecular weight excluding hydrogens is 304 g/mol. The zero-order valence-corrected chi connectivity index (χ0v) is 15.3. The normalized spacial score (nSPS) is 11.1. The van der Waals surface area contributed by atoms with E-state index in [1.807, 2.05) is 26.0 Å². The third-order valence-corrected chi connectivity index (χ3v) is 4.36. The Hall–Kier alpha value is -2.01. The molecule has 0 aliphatic rings. The van der Waals surface area contributed by atoms with Crippen molar-refractivity contribution in [1.82, 2.24) is 10.5 Å². The molecule has 2 aromatic rings. The van der Waals surface area contributed by atoms with Crippen LogP contribution in [0.3, 0.4) is 0 Å². The highest BCUT2D eigenvalue weighted by Crippen LogP contribution is 2.29. The third kappa shape index (κ3) is 4.51. The van der Waals surface area contributed by atoms with Crippen LogP contribution in [-0.2, 0) is 13.2 Å². The summed E-state index contributed by atoms with van der Waals surface area (Å²) >= 11 is 0. The fraction of sp³-hybridized carbons (Fsp3) is 0.526. The van der Waals surface area contributed by atoms with Crippen molar-refractivity contribution in [2.24, 2.45) is 0 Å². The second-order valence-corrected chi connectivity index (χ2v) is 5.97. The Kier molecular flexibility index (Phi) is 6.67. The van der Waals surface area contributed by atoms with Crippen LogP contribution in [0.25, 0.3) is 0 Å². The predicted octanol–water partition coefficient (Wildman–Crippen LogP) is 4.16. The van der Waals surface area contributed by atoms with E-state index < -0.39 is 0 Å². The molecular formula is C19H28N2O3. The van der Waals surface area contributed by atoms with Crippen LogP contribution < -0.4 is 14.8 Å². The highest BCUT2D eigenvalue weighted by molar-refractivity contribution is 5.43. The van der Waals surface area contributed by atoms with Crippen molar-refractivity contribution in [2.75, 3.05) is 7.11 Å². The van der Waals surface area contributed by atoms with Crippen molar-refractivity contribution in [2.45, 2.75) is 59.7 Å². The molecule has 0 amide bonds. The van der Waals surface area contributed by atoms with Gasteiger partial charge >= 0.3 is 0 Å². The Bertz CT molecular complexity index is 629. The molecule has 0 radical (unpaired) electrons. The molecule has 0 bridgehead atoms. The van der Waals surface area contributed by atoms with Gasteiger partial charge in [0.1, 0.15) is 12.4 Å². The summed E-state index contributed by atoms with van der Waals surface area (Å²) in [7, 11) is 1.66. The lowest BCUT2D eigenvalue weighted by Crippen LogP contribution is -2.26. The van der Waals surface area contributed by atoms with Gasteiger partial charge in [0.25, 0.3) is 0 Å². The number of ether oxygens (including phenoxy) is 2. The summed E-state index contributed by atoms with van der Waals surface area (Å²) in [5, 5.41) is 7.51. The molecule has 2 rings (SSSR count). The van der Waals surface area contributed by atoms with E-state index in [2.05, 4.69) is 30.4 Å². The number of nitrogens with one attached hydrogen (secondary N) is 1. The molecule has 132 valence electrons. The number of aryl methyl sites for hydroxylation is 2. The topological polar surface area (TPSA) is 56.5 Å². The fourth-order valence-electron chi connectivity index (χ4n) is 2.64. The summed E-state index contributed by atoms with van der Waals surface area (Å²) in [5.41, 5.74) is 3.03. The van der Waals surface area contributed by atoms with E-state index in [1.165, 1.54) is 5.56 Å². The van der Waals surface area contributed by atoms with Gasteiger partial charge in [0, 0.05) is 12.6 Å². The smallest absolute Gasteiger partial charge is 0.161 e. The van der Waals surface area contributed by atoms with Crippen molar-refractivity contribution in [3.8, 4) is 11.5 Å². The second kappa shape index (κ2) is 8.73. The Balaban J connectivity index is 2.03. The molecule has 0 unspecified atom stereocenters. The average Bonchev–Trinajstić information content (AvgIpc) is 2.92. The number of benzene rings is 1. The summed E-state index contributed by atoms with van der Waals surface area (Å²) in [4.78, 5) is 0. The maximum Gasteiger partial charge on any atom is 0.161 e. The van der Waals surface area contributed by atoms with Crippen molar-refractivity contribution >= 4 is 0 Å². The maximum absolute atomic E-state index is 5.91. The van der Waals surface area contributed by atoms with Crippen LogP contribution in [0, 0.1) is 13.8 Å². The monoisotopic (exact) mass is 332 g/mol. The first-order chi connectivity index (χ1) is 11.6. The number of aromatic nitrogens is 1. The second-order valence-electron chi connectivity index (χ2n) is 5.97. The van der Waals surface area contributed by atoms with Crippen molar-refractivity contribution < 1.29 is 14.0 Å². The Labute approximate surface area is 144 Å². The molecule has 0 aliphatic heterocycles. The van der Waals surface area contributed by atoms with Gasteiger partial charge in [0.2, 0.25) is 0 Å². The number of hydrogen-bond donors (Lipinski definition) is 1. The van der Waals surface area contributed by atoms with E-state index in [0.29, 0.717) is 12.6 Å². The molecule has 0 atom stereocenters. The number of hydrogen-bond acceptors (Lipinski definition) is 5. The van der Waals surface area contributed by atoms with Gasteiger partial charge in [-0.3, -0.25) is 0 Å². The van der Waals surface area contributed by atoms with Crippen molar-refractivity contribution in [3.63, 3.8) is 0 Å². The Morgan fingerprint density at radius 1 is 1.17 bits per heavy atom. The van der Waals surface area contributed by atoms with Gasteiger partial charge in [-0.1, -0.05) is 25.1 Å². The predicted molar refractivity (Wildman–Crippen MR) is 94.5 cm³/mol. The summed E-state index contributed by atoms with van der Waals surface area (Å²) in [6, 6.07) is 6.60. The first-order valence-electron chi connectivity index (χ1n) is 8.53. The Morgan fingerprint density at radius 2 is 1.92 bits per heavy atom. The van der Waals surface area contributed by atoms with Gasteiger partial charge in [-0.05, 0) is 44.4 Å². The molecule has 0 fully saturated rings. The lowest BCUT2D eigenvalue weighted by atomic mass is 10.1. The fourth-order valence-corrected chi connectivity index (χ4v) is 2.64. The molecule has 1 heterocycles. The largest absolute Gasteiger partial charge is 0.493 e. The minimum atomic E-state index is 0.420. The molecule has 1 N–H and O–H groups in total. The molecule has 0 aliphatic carbocycles. The van der Waals surface area contributed by atoms with Crippen molar-refractivity contribution in [3.05, 3.63) is 40.8 Å². The molecule has 0 saturated carbocycles. The number of methoxy groups -OCH3 is 1. The quantitative estimate of drug-likeness (QED) is 0.747. The van der Waals surface area contributed by atoms with Crippen LogP contribution in [0.1, 0.15) is 49.3 Å². The van der Waals surface area contributed by atoms with Gasteiger partial charge in [-0.2, -0.15) is 0 Å². The summed E-state index contributed by atoms with van der Waals surface area (Å²) < 4.78 is 16.6. The van der Waals surface area contributed by atoms with E-state index in [4.69, 9.17) is 14.0 Å². The standard InChI is InChI=1S/C19H28N2O3/c1-6-16(7-2)20-11-15-8-9-18(19(10-15)22-5)23-12-17-13(3)21-24-14(17)4/h8-10,16,20H,6-7,11-12H2,1-5H3. The first kappa shape index (κ1) is 18.3. The van der Waals surface area contributed by atoms with Crippen LogP contribution in [0.2, 0.25) is 0 Å². The average molecular weight is 332 g/mol. The highest BCUT2D eigenvalue weighted by atomic mass is 16.5. The minimum absolute atomic E-state index is 0.420. The van der Waals surface area contributed by atoms with Crippen LogP contribution in [-0.4, -0.2) is 18.3 Å². The molecule has 0 spiro atoms. The summed E-state index contributed by atoms with van der Waals surface area (Å²) in [6.45, 7) is 9.46. The zero-order chi connectivity index (χ0) is 17.5. The lowest BCUT2D eigenvalue weighted by Gasteiger charge is -2.16. The lowest BCUT2D eigenvalue weighted by molar-refractivity contribution is 0.281. The first-order valence-corrected chi connectivity index (χ1v) is 8.53. The zero-order valence-electron chi connectivity index (χ0n) is 15.3. The summed E-state index contributed by atoms with van der Waals surface area (Å²) in [5.74, 6) is 2.26. The number of nitrogens with zero attached hydrogens (tertiary/aromatic N) is 1. The SMILES string of the molecule is CCC(CC)NCc1ccc(OCc2c(C)noc2C)c(OC)c1. The molecule has 5 heteroatoms. The maximum atomic E-state index is 5.91. The molecule has 1 aromatic heterocycles. The van der Waals surface area contributed by atoms with Crippen LogP contribution in [0.15, 0.2) is 22.7 Å². The Morgan fingerprint density at radius 3 is 2.50 bits per heavy atom. The van der Waals surface area contributed by atoms with E-state index in [1.54, 1.807) is 7.11 Å². The van der Waals surface area contributed by atoms with Crippen LogP contribution in [0.4, 0.5) is 0 Å². The van der Waals surface area contributed by atoms with Gasteiger partial charge in [0.15, 0.2) is 11.5 Å². The van der Waals surface area contributed by atoms with E-state index in [-0.39, 0.29) is 0 Å². The van der Waals surface area contributed by atoms with E-state index in [0.717, 1.165) is 47.9 Å². The third-order valence-electron chi connectivity index (χ3n) is 4.36. The highest BCUT2D eigenvalue weighted by Gasteiger charge is 2.12. The van der Waals surface area contributed by atoms with Gasteiger partial charge in [-0.25, -0.2) is 0 Å².